The molecule has 1 N–H and O–H groups in total. The van der Waals surface area contributed by atoms with E-state index in [4.69, 9.17) is 9.40 Å². The molecule has 0 aliphatic carbocycles. The van der Waals surface area contributed by atoms with Crippen LogP contribution in [0.2, 0.25) is 0 Å². The zero-order valence-corrected chi connectivity index (χ0v) is 18.3. The zero-order chi connectivity index (χ0) is 21.6. The van der Waals surface area contributed by atoms with Gasteiger partial charge in [0.15, 0.2) is 5.16 Å². The predicted octanol–water partition coefficient (Wildman–Crippen LogP) is 4.39. The summed E-state index contributed by atoms with van der Waals surface area (Å²) < 4.78 is 7.43. The molecule has 6 nitrogen and oxygen atoms in total. The van der Waals surface area contributed by atoms with Crippen LogP contribution in [0.3, 0.4) is 0 Å². The zero-order valence-electron chi connectivity index (χ0n) is 17.5. The average Bonchev–Trinajstić information content (AvgIpc) is 3.17. The quantitative estimate of drug-likeness (QED) is 0.312. The Balaban J connectivity index is 1.51. The summed E-state index contributed by atoms with van der Waals surface area (Å²) in [7, 11) is 0. The summed E-state index contributed by atoms with van der Waals surface area (Å²) in [6.45, 7) is 3.20. The van der Waals surface area contributed by atoms with Crippen molar-refractivity contribution in [2.45, 2.75) is 37.9 Å². The van der Waals surface area contributed by atoms with Gasteiger partial charge in [-0.05, 0) is 30.5 Å². The van der Waals surface area contributed by atoms with Crippen LogP contribution < -0.4 is 10.9 Å². The molecule has 7 heteroatoms. The van der Waals surface area contributed by atoms with Crippen LogP contribution >= 0.6 is 11.8 Å². The van der Waals surface area contributed by atoms with Gasteiger partial charge in [-0.2, -0.15) is 0 Å². The number of benzene rings is 2. The van der Waals surface area contributed by atoms with Crippen molar-refractivity contribution in [1.82, 2.24) is 14.9 Å². The maximum absolute atomic E-state index is 13.1. The lowest BCUT2D eigenvalue weighted by atomic mass is 10.1. The largest absolute Gasteiger partial charge is 0.448 e. The Morgan fingerprint density at radius 1 is 1.13 bits per heavy atom. The molecule has 4 aromatic rings. The lowest BCUT2D eigenvalue weighted by Gasteiger charge is -2.11. The number of amides is 1. The number of carbonyl (C=O) groups is 1. The predicted molar refractivity (Wildman–Crippen MR) is 125 cm³/mol. The highest BCUT2D eigenvalue weighted by Crippen LogP contribution is 2.27. The Kier molecular flexibility index (Phi) is 6.72. The van der Waals surface area contributed by atoms with Crippen molar-refractivity contribution in [3.05, 3.63) is 70.5 Å². The molecular weight excluding hydrogens is 410 g/mol. The normalized spacial score (nSPS) is 11.3. The number of thioether (sulfide) groups is 1. The van der Waals surface area contributed by atoms with Gasteiger partial charge in [-0.15, -0.1) is 0 Å². The lowest BCUT2D eigenvalue weighted by molar-refractivity contribution is -0.118. The van der Waals surface area contributed by atoms with Gasteiger partial charge >= 0.3 is 0 Å². The van der Waals surface area contributed by atoms with E-state index >= 15 is 0 Å². The molecule has 0 saturated carbocycles. The Labute approximate surface area is 184 Å². The number of para-hydroxylation sites is 1. The monoisotopic (exact) mass is 435 g/mol. The van der Waals surface area contributed by atoms with E-state index in [0.717, 1.165) is 24.6 Å². The molecule has 0 radical (unpaired) electrons. The third kappa shape index (κ3) is 4.82. The lowest BCUT2D eigenvalue weighted by Crippen LogP contribution is -2.28. The van der Waals surface area contributed by atoms with Crippen molar-refractivity contribution in [2.75, 3.05) is 12.3 Å². The number of unbranched alkanes of at least 4 members (excludes halogenated alkanes) is 1. The standard InChI is InChI=1S/C24H25N3O3S/c1-2-3-15-27-23(29)22-21(18-11-7-8-12-19(18)30-22)26-24(27)31-16-20(28)25-14-13-17-9-5-4-6-10-17/h4-12H,2-3,13-16H2,1H3,(H,25,28). The SMILES string of the molecule is CCCCn1c(SCC(=O)NCCc2ccccc2)nc2c(oc3ccccc32)c1=O. The van der Waals surface area contributed by atoms with Crippen LogP contribution in [0.15, 0.2) is 69.0 Å². The third-order valence-corrected chi connectivity index (χ3v) is 6.07. The number of rotatable bonds is 9. The average molecular weight is 436 g/mol. The van der Waals surface area contributed by atoms with E-state index in [1.807, 2.05) is 54.6 Å². The summed E-state index contributed by atoms with van der Waals surface area (Å²) >= 11 is 1.29. The first-order valence-electron chi connectivity index (χ1n) is 10.5. The smallest absolute Gasteiger partial charge is 0.297 e. The second kappa shape index (κ2) is 9.83. The van der Waals surface area contributed by atoms with Crippen molar-refractivity contribution in [3.63, 3.8) is 0 Å². The summed E-state index contributed by atoms with van der Waals surface area (Å²) in [5.74, 6) is 0.128. The van der Waals surface area contributed by atoms with Gasteiger partial charge in [0.1, 0.15) is 11.1 Å². The molecule has 1 amide bonds. The number of nitrogens with one attached hydrogen (secondary N) is 1. The molecule has 0 unspecified atom stereocenters. The number of furan rings is 1. The molecule has 2 heterocycles. The van der Waals surface area contributed by atoms with Crippen LogP contribution in [-0.2, 0) is 17.8 Å². The molecular formula is C24H25N3O3S. The number of aromatic nitrogens is 2. The molecule has 0 fully saturated rings. The summed E-state index contributed by atoms with van der Waals surface area (Å²) in [6.07, 6.45) is 2.59. The molecule has 0 atom stereocenters. The third-order valence-electron chi connectivity index (χ3n) is 5.09. The number of nitrogens with zero attached hydrogens (tertiary/aromatic N) is 2. The summed E-state index contributed by atoms with van der Waals surface area (Å²) in [6, 6.07) is 17.5. The summed E-state index contributed by atoms with van der Waals surface area (Å²) in [5.41, 5.74) is 2.46. The molecule has 0 spiro atoms. The highest BCUT2D eigenvalue weighted by Gasteiger charge is 2.18. The highest BCUT2D eigenvalue weighted by atomic mass is 32.2. The molecule has 2 aromatic heterocycles. The van der Waals surface area contributed by atoms with E-state index in [1.54, 1.807) is 4.57 Å². The van der Waals surface area contributed by atoms with Crippen LogP contribution in [0, 0.1) is 0 Å². The summed E-state index contributed by atoms with van der Waals surface area (Å²) in [5, 5.41) is 4.31. The van der Waals surface area contributed by atoms with Crippen LogP contribution in [0.25, 0.3) is 22.1 Å². The van der Waals surface area contributed by atoms with E-state index in [1.165, 1.54) is 17.3 Å². The Morgan fingerprint density at radius 2 is 1.90 bits per heavy atom. The molecule has 0 aliphatic heterocycles. The fraction of sp³-hybridized carbons (Fsp3) is 0.292. The van der Waals surface area contributed by atoms with Crippen molar-refractivity contribution in [1.29, 1.82) is 0 Å². The number of hydrogen-bond acceptors (Lipinski definition) is 5. The molecule has 160 valence electrons. The van der Waals surface area contributed by atoms with E-state index < -0.39 is 0 Å². The molecule has 31 heavy (non-hydrogen) atoms. The Hall–Kier alpha value is -3.06. The molecule has 0 saturated heterocycles. The van der Waals surface area contributed by atoms with Crippen molar-refractivity contribution < 1.29 is 9.21 Å². The molecule has 2 aromatic carbocycles. The first kappa shape index (κ1) is 21.2. The second-order valence-electron chi connectivity index (χ2n) is 7.35. The summed E-state index contributed by atoms with van der Waals surface area (Å²) in [4.78, 5) is 30.2. The fourth-order valence-electron chi connectivity index (χ4n) is 3.45. The minimum Gasteiger partial charge on any atom is -0.448 e. The fourth-order valence-corrected chi connectivity index (χ4v) is 4.30. The van der Waals surface area contributed by atoms with E-state index in [9.17, 15) is 9.59 Å². The first-order valence-corrected chi connectivity index (χ1v) is 11.5. The minimum absolute atomic E-state index is 0.0747. The minimum atomic E-state index is -0.193. The van der Waals surface area contributed by atoms with Crippen molar-refractivity contribution in [3.8, 4) is 0 Å². The van der Waals surface area contributed by atoms with Gasteiger partial charge in [0.2, 0.25) is 11.5 Å². The van der Waals surface area contributed by atoms with E-state index in [0.29, 0.717) is 29.3 Å². The van der Waals surface area contributed by atoms with E-state index in [2.05, 4.69) is 12.2 Å². The molecule has 4 rings (SSSR count). The van der Waals surface area contributed by atoms with Crippen LogP contribution in [0.5, 0.6) is 0 Å². The van der Waals surface area contributed by atoms with Crippen LogP contribution in [0.4, 0.5) is 0 Å². The van der Waals surface area contributed by atoms with Gasteiger partial charge in [0.05, 0.1) is 5.75 Å². The van der Waals surface area contributed by atoms with Gasteiger partial charge in [0.25, 0.3) is 5.56 Å². The number of hydrogen-bond donors (Lipinski definition) is 1. The number of fused-ring (bicyclic) bond motifs is 3. The van der Waals surface area contributed by atoms with E-state index in [-0.39, 0.29) is 22.8 Å². The van der Waals surface area contributed by atoms with Crippen molar-refractivity contribution in [2.24, 2.45) is 0 Å². The maximum atomic E-state index is 13.1. The topological polar surface area (TPSA) is 77.1 Å². The first-order chi connectivity index (χ1) is 15.2. The molecule has 0 bridgehead atoms. The van der Waals surface area contributed by atoms with Gasteiger partial charge in [-0.25, -0.2) is 4.98 Å². The van der Waals surface area contributed by atoms with Gasteiger partial charge in [-0.3, -0.25) is 14.2 Å². The highest BCUT2D eigenvalue weighted by molar-refractivity contribution is 7.99. The number of carbonyl (C=O) groups excluding carboxylic acids is 1. The van der Waals surface area contributed by atoms with Crippen LogP contribution in [0.1, 0.15) is 25.3 Å². The molecule has 0 aliphatic rings. The van der Waals surface area contributed by atoms with Crippen molar-refractivity contribution >= 4 is 39.7 Å². The second-order valence-corrected chi connectivity index (χ2v) is 8.30. The Bertz CT molecular complexity index is 1250. The van der Waals surface area contributed by atoms with Gasteiger partial charge < -0.3 is 9.73 Å². The van der Waals surface area contributed by atoms with Crippen LogP contribution in [-0.4, -0.2) is 27.8 Å². The maximum Gasteiger partial charge on any atom is 0.297 e. The van der Waals surface area contributed by atoms with Gasteiger partial charge in [0, 0.05) is 18.5 Å². The van der Waals surface area contributed by atoms with Gasteiger partial charge in [-0.1, -0.05) is 67.6 Å². The Morgan fingerprint density at radius 3 is 2.71 bits per heavy atom.